The van der Waals surface area contributed by atoms with E-state index in [4.69, 9.17) is 42.1 Å². The number of rotatable bonds is 8. The maximum absolute atomic E-state index is 12.6. The summed E-state index contributed by atoms with van der Waals surface area (Å²) in [5, 5.41) is 0.470. The average molecular weight is 399 g/mol. The fourth-order valence-corrected chi connectivity index (χ4v) is 2.56. The van der Waals surface area contributed by atoms with Crippen molar-refractivity contribution in [2.75, 3.05) is 19.8 Å². The SMILES string of the molecule is CCOc1cc(C(=O)Oc2cccc(Cl)c2Cl)cc(OCC)c1OCC. The second-order valence-electron chi connectivity index (χ2n) is 5.04. The molecule has 0 aliphatic carbocycles. The van der Waals surface area contributed by atoms with E-state index in [9.17, 15) is 4.79 Å². The molecule has 2 aromatic carbocycles. The topological polar surface area (TPSA) is 54.0 Å². The van der Waals surface area contributed by atoms with E-state index in [-0.39, 0.29) is 16.3 Å². The van der Waals surface area contributed by atoms with Gasteiger partial charge >= 0.3 is 5.97 Å². The third kappa shape index (κ3) is 4.74. The summed E-state index contributed by atoms with van der Waals surface area (Å²) in [5.41, 5.74) is 0.247. The van der Waals surface area contributed by atoms with Crippen molar-refractivity contribution in [1.82, 2.24) is 0 Å². The smallest absolute Gasteiger partial charge is 0.343 e. The molecule has 0 unspecified atom stereocenters. The van der Waals surface area contributed by atoms with E-state index < -0.39 is 5.97 Å². The summed E-state index contributed by atoms with van der Waals surface area (Å²) in [6.45, 7) is 6.78. The van der Waals surface area contributed by atoms with E-state index in [0.717, 1.165) is 0 Å². The molecule has 0 heterocycles. The molecule has 0 aliphatic heterocycles. The molecule has 7 heteroatoms. The normalized spacial score (nSPS) is 10.3. The molecule has 26 heavy (non-hydrogen) atoms. The Hall–Kier alpha value is -2.11. The summed E-state index contributed by atoms with van der Waals surface area (Å²) in [6, 6.07) is 7.92. The Balaban J connectivity index is 2.40. The first-order valence-electron chi connectivity index (χ1n) is 8.24. The minimum atomic E-state index is -0.612. The highest BCUT2D eigenvalue weighted by Gasteiger charge is 2.20. The Kier molecular flexibility index (Phi) is 7.42. The van der Waals surface area contributed by atoms with Gasteiger partial charge in [0, 0.05) is 0 Å². The zero-order valence-electron chi connectivity index (χ0n) is 14.8. The average Bonchev–Trinajstić information content (AvgIpc) is 2.61. The zero-order chi connectivity index (χ0) is 19.1. The number of esters is 1. The zero-order valence-corrected chi connectivity index (χ0v) is 16.3. The number of halogens is 2. The van der Waals surface area contributed by atoms with Crippen LogP contribution in [0, 0.1) is 0 Å². The van der Waals surface area contributed by atoms with Crippen molar-refractivity contribution in [3.8, 4) is 23.0 Å². The van der Waals surface area contributed by atoms with E-state index in [1.54, 1.807) is 30.3 Å². The predicted molar refractivity (Wildman–Crippen MR) is 101 cm³/mol. The maximum Gasteiger partial charge on any atom is 0.343 e. The highest BCUT2D eigenvalue weighted by molar-refractivity contribution is 6.43. The van der Waals surface area contributed by atoms with Crippen molar-refractivity contribution < 1.29 is 23.7 Å². The maximum atomic E-state index is 12.6. The number of carbonyl (C=O) groups excluding carboxylic acids is 1. The van der Waals surface area contributed by atoms with Gasteiger partial charge in [0.05, 0.1) is 30.4 Å². The largest absolute Gasteiger partial charge is 0.490 e. The van der Waals surface area contributed by atoms with Crippen LogP contribution in [0.4, 0.5) is 0 Å². The summed E-state index contributed by atoms with van der Waals surface area (Å²) in [5.74, 6) is 0.829. The molecule has 2 aromatic rings. The number of hydrogen-bond acceptors (Lipinski definition) is 5. The Morgan fingerprint density at radius 3 is 2.00 bits per heavy atom. The number of ether oxygens (including phenoxy) is 4. The van der Waals surface area contributed by atoms with Gasteiger partial charge in [-0.25, -0.2) is 4.79 Å². The van der Waals surface area contributed by atoms with Crippen LogP contribution in [-0.4, -0.2) is 25.8 Å². The van der Waals surface area contributed by atoms with E-state index in [0.29, 0.717) is 42.1 Å². The molecular formula is C19H20Cl2O5. The molecular weight excluding hydrogens is 379 g/mol. The lowest BCUT2D eigenvalue weighted by Gasteiger charge is -2.17. The van der Waals surface area contributed by atoms with Crippen LogP contribution in [0.25, 0.3) is 0 Å². The van der Waals surface area contributed by atoms with Crippen LogP contribution < -0.4 is 18.9 Å². The lowest BCUT2D eigenvalue weighted by Crippen LogP contribution is -2.11. The predicted octanol–water partition coefficient (Wildman–Crippen LogP) is 5.41. The van der Waals surface area contributed by atoms with Crippen molar-refractivity contribution in [2.24, 2.45) is 0 Å². The van der Waals surface area contributed by atoms with E-state index in [1.165, 1.54) is 0 Å². The van der Waals surface area contributed by atoms with Crippen LogP contribution in [0.5, 0.6) is 23.0 Å². The van der Waals surface area contributed by atoms with Crippen LogP contribution in [-0.2, 0) is 0 Å². The molecule has 2 rings (SSSR count). The van der Waals surface area contributed by atoms with Gasteiger partial charge in [0.2, 0.25) is 5.75 Å². The molecule has 0 spiro atoms. The minimum absolute atomic E-state index is 0.170. The molecule has 5 nitrogen and oxygen atoms in total. The molecule has 0 aliphatic rings. The summed E-state index contributed by atoms with van der Waals surface area (Å²) in [4.78, 5) is 12.6. The van der Waals surface area contributed by atoms with Gasteiger partial charge in [0.1, 0.15) is 5.02 Å². The Morgan fingerprint density at radius 2 is 1.46 bits per heavy atom. The highest BCUT2D eigenvalue weighted by atomic mass is 35.5. The van der Waals surface area contributed by atoms with Crippen LogP contribution in [0.3, 0.4) is 0 Å². The summed E-state index contributed by atoms with van der Waals surface area (Å²) < 4.78 is 22.2. The molecule has 0 aromatic heterocycles. The highest BCUT2D eigenvalue weighted by Crippen LogP contribution is 2.40. The Labute approximate surface area is 162 Å². The minimum Gasteiger partial charge on any atom is -0.490 e. The van der Waals surface area contributed by atoms with Crippen molar-refractivity contribution in [1.29, 1.82) is 0 Å². The van der Waals surface area contributed by atoms with Crippen LogP contribution in [0.15, 0.2) is 30.3 Å². The monoisotopic (exact) mass is 398 g/mol. The van der Waals surface area contributed by atoms with Gasteiger partial charge in [-0.05, 0) is 45.0 Å². The number of benzene rings is 2. The number of hydrogen-bond donors (Lipinski definition) is 0. The second-order valence-corrected chi connectivity index (χ2v) is 5.83. The quantitative estimate of drug-likeness (QED) is 0.439. The van der Waals surface area contributed by atoms with Gasteiger partial charge in [-0.1, -0.05) is 29.3 Å². The van der Waals surface area contributed by atoms with Gasteiger partial charge in [-0.3, -0.25) is 0 Å². The first kappa shape index (κ1) is 20.2. The van der Waals surface area contributed by atoms with E-state index in [2.05, 4.69) is 0 Å². The van der Waals surface area contributed by atoms with Crippen molar-refractivity contribution >= 4 is 29.2 Å². The lowest BCUT2D eigenvalue weighted by molar-refractivity contribution is 0.0733. The molecule has 0 fully saturated rings. The van der Waals surface area contributed by atoms with E-state index >= 15 is 0 Å². The first-order chi connectivity index (χ1) is 12.5. The van der Waals surface area contributed by atoms with Crippen LogP contribution in [0.2, 0.25) is 10.0 Å². The molecule has 0 saturated heterocycles. The fraction of sp³-hybridized carbons (Fsp3) is 0.316. The third-order valence-electron chi connectivity index (χ3n) is 3.26. The standard InChI is InChI=1S/C19H20Cl2O5/c1-4-23-15-10-12(11-16(24-5-2)18(15)25-6-3)19(22)26-14-9-7-8-13(20)17(14)21/h7-11H,4-6H2,1-3H3. The van der Waals surface area contributed by atoms with Gasteiger partial charge in [-0.15, -0.1) is 0 Å². The summed E-state index contributed by atoms with van der Waals surface area (Å²) >= 11 is 12.0. The van der Waals surface area contributed by atoms with Gasteiger partial charge in [0.25, 0.3) is 0 Å². The third-order valence-corrected chi connectivity index (χ3v) is 4.07. The van der Waals surface area contributed by atoms with Gasteiger partial charge < -0.3 is 18.9 Å². The molecule has 0 amide bonds. The first-order valence-corrected chi connectivity index (χ1v) is 8.99. The summed E-state index contributed by atoms with van der Waals surface area (Å²) in [7, 11) is 0. The molecule has 0 atom stereocenters. The van der Waals surface area contributed by atoms with Crippen molar-refractivity contribution in [2.45, 2.75) is 20.8 Å². The Morgan fingerprint density at radius 1 is 0.885 bits per heavy atom. The molecule has 0 N–H and O–H groups in total. The molecule has 0 saturated carbocycles. The summed E-state index contributed by atoms with van der Waals surface area (Å²) in [6.07, 6.45) is 0. The molecule has 0 bridgehead atoms. The van der Waals surface area contributed by atoms with Crippen LogP contribution in [0.1, 0.15) is 31.1 Å². The molecule has 140 valence electrons. The Bertz CT molecular complexity index is 750. The second kappa shape index (κ2) is 9.55. The van der Waals surface area contributed by atoms with Gasteiger partial charge in [-0.2, -0.15) is 0 Å². The fourth-order valence-electron chi connectivity index (χ4n) is 2.23. The number of carbonyl (C=O) groups is 1. The van der Waals surface area contributed by atoms with Crippen LogP contribution >= 0.6 is 23.2 Å². The molecule has 0 radical (unpaired) electrons. The van der Waals surface area contributed by atoms with E-state index in [1.807, 2.05) is 20.8 Å². The van der Waals surface area contributed by atoms with Crippen molar-refractivity contribution in [3.05, 3.63) is 45.9 Å². The lowest BCUT2D eigenvalue weighted by atomic mass is 10.2. The van der Waals surface area contributed by atoms with Gasteiger partial charge in [0.15, 0.2) is 17.2 Å². The van der Waals surface area contributed by atoms with Crippen molar-refractivity contribution in [3.63, 3.8) is 0 Å².